The van der Waals surface area contributed by atoms with E-state index in [1.54, 1.807) is 19.1 Å². The van der Waals surface area contributed by atoms with E-state index < -0.39 is 0 Å². The van der Waals surface area contributed by atoms with E-state index in [9.17, 15) is 9.50 Å². The molecular weight excluding hydrogens is 327 g/mol. The maximum Gasteiger partial charge on any atom is 0.199 e. The smallest absolute Gasteiger partial charge is 0.199 e. The summed E-state index contributed by atoms with van der Waals surface area (Å²) in [6, 6.07) is 6.23. The molecular formula is C17H15FN4O3. The van der Waals surface area contributed by atoms with Crippen LogP contribution in [0.5, 0.6) is 5.75 Å². The zero-order chi connectivity index (χ0) is 18.0. The Kier molecular flexibility index (Phi) is 4.34. The molecule has 2 aromatic heterocycles. The van der Waals surface area contributed by atoms with Crippen LogP contribution in [0.15, 0.2) is 46.2 Å². The van der Waals surface area contributed by atoms with Crippen molar-refractivity contribution in [2.45, 2.75) is 13.3 Å². The van der Waals surface area contributed by atoms with Gasteiger partial charge < -0.3 is 20.5 Å². The van der Waals surface area contributed by atoms with Crippen molar-refractivity contribution in [3.8, 4) is 17.1 Å². The normalized spacial score (nSPS) is 11.7. The van der Waals surface area contributed by atoms with Crippen molar-refractivity contribution < 1.29 is 19.1 Å². The van der Waals surface area contributed by atoms with Crippen molar-refractivity contribution >= 4 is 5.84 Å². The fourth-order valence-corrected chi connectivity index (χ4v) is 2.28. The number of rotatable bonds is 4. The molecule has 3 rings (SSSR count). The predicted molar refractivity (Wildman–Crippen MR) is 87.9 cm³/mol. The molecule has 0 spiro atoms. The Balaban J connectivity index is 1.82. The molecule has 0 saturated carbocycles. The summed E-state index contributed by atoms with van der Waals surface area (Å²) in [6.45, 7) is 1.68. The molecule has 2 heterocycles. The number of halogens is 1. The fourth-order valence-electron chi connectivity index (χ4n) is 2.28. The Bertz CT molecular complexity index is 953. The molecule has 8 heteroatoms. The van der Waals surface area contributed by atoms with E-state index >= 15 is 0 Å². The summed E-state index contributed by atoms with van der Waals surface area (Å²) in [5.41, 5.74) is 7.15. The molecule has 1 aromatic carbocycles. The number of oxime groups is 1. The maximum absolute atomic E-state index is 13.7. The highest BCUT2D eigenvalue weighted by Crippen LogP contribution is 2.24. The molecule has 128 valence electrons. The zero-order valence-corrected chi connectivity index (χ0v) is 13.3. The Hall–Kier alpha value is -3.42. The first kappa shape index (κ1) is 16.4. The second-order valence-electron chi connectivity index (χ2n) is 5.46. The zero-order valence-electron chi connectivity index (χ0n) is 13.3. The third-order valence-corrected chi connectivity index (χ3v) is 3.64. The first-order chi connectivity index (χ1) is 12.0. The number of amidine groups is 1. The third-order valence-electron chi connectivity index (χ3n) is 3.64. The highest BCUT2D eigenvalue weighted by atomic mass is 19.1. The quantitative estimate of drug-likeness (QED) is 0.290. The molecule has 0 aliphatic carbocycles. The average Bonchev–Trinajstić information content (AvgIpc) is 3.05. The molecule has 0 radical (unpaired) electrons. The molecule has 0 fully saturated rings. The van der Waals surface area contributed by atoms with Crippen LogP contribution >= 0.6 is 0 Å². The van der Waals surface area contributed by atoms with Gasteiger partial charge in [-0.25, -0.2) is 14.4 Å². The minimum absolute atomic E-state index is 0.0190. The van der Waals surface area contributed by atoms with Gasteiger partial charge in [-0.2, -0.15) is 0 Å². The van der Waals surface area contributed by atoms with Gasteiger partial charge in [0, 0.05) is 11.8 Å². The van der Waals surface area contributed by atoms with Gasteiger partial charge in [0.05, 0.1) is 12.6 Å². The van der Waals surface area contributed by atoms with Crippen LogP contribution in [-0.2, 0) is 6.42 Å². The number of hydrogen-bond acceptors (Lipinski definition) is 6. The SMILES string of the molecule is Cc1ccc(-c2cnc(Cc3cnc(/C(N)=N/O)c(O)c3)o2)cc1F. The summed E-state index contributed by atoms with van der Waals surface area (Å²) in [5.74, 6) is 0.000398. The van der Waals surface area contributed by atoms with Gasteiger partial charge in [0.25, 0.3) is 0 Å². The molecule has 7 nitrogen and oxygen atoms in total. The minimum atomic E-state index is -0.316. The Morgan fingerprint density at radius 2 is 2.08 bits per heavy atom. The Morgan fingerprint density at radius 3 is 2.76 bits per heavy atom. The summed E-state index contributed by atoms with van der Waals surface area (Å²) in [5, 5.41) is 21.3. The molecule has 0 aliphatic heterocycles. The van der Waals surface area contributed by atoms with Crippen LogP contribution in [0.1, 0.15) is 22.7 Å². The molecule has 0 unspecified atom stereocenters. The number of aromatic hydroxyl groups is 1. The van der Waals surface area contributed by atoms with Gasteiger partial charge in [0.1, 0.15) is 11.6 Å². The van der Waals surface area contributed by atoms with Crippen molar-refractivity contribution in [2.24, 2.45) is 10.9 Å². The molecule has 25 heavy (non-hydrogen) atoms. The van der Waals surface area contributed by atoms with Crippen molar-refractivity contribution in [1.29, 1.82) is 0 Å². The number of aryl methyl sites for hydroxylation is 1. The van der Waals surface area contributed by atoms with E-state index in [1.807, 2.05) is 0 Å². The average molecular weight is 342 g/mol. The number of aromatic nitrogens is 2. The predicted octanol–water partition coefficient (Wildman–Crippen LogP) is 2.58. The lowest BCUT2D eigenvalue weighted by Gasteiger charge is -2.04. The van der Waals surface area contributed by atoms with Crippen LogP contribution in [-0.4, -0.2) is 26.1 Å². The largest absolute Gasteiger partial charge is 0.506 e. The standard InChI is InChI=1S/C17H15FN4O3/c1-9-2-3-11(6-12(9)18)14-8-20-15(25-14)5-10-4-13(23)16(21-7-10)17(19)22-24/h2-4,6-8,23-24H,5H2,1H3,(H2,19,22). The first-order valence-electron chi connectivity index (χ1n) is 7.35. The van der Waals surface area contributed by atoms with Crippen molar-refractivity contribution in [1.82, 2.24) is 9.97 Å². The van der Waals surface area contributed by atoms with Gasteiger partial charge in [-0.3, -0.25) is 0 Å². The summed E-state index contributed by atoms with van der Waals surface area (Å²) in [6.07, 6.45) is 3.24. The van der Waals surface area contributed by atoms with Gasteiger partial charge in [-0.15, -0.1) is 0 Å². The summed E-state index contributed by atoms with van der Waals surface area (Å²) >= 11 is 0. The van der Waals surface area contributed by atoms with Crippen LogP contribution in [0.3, 0.4) is 0 Å². The van der Waals surface area contributed by atoms with Crippen molar-refractivity contribution in [3.05, 3.63) is 65.2 Å². The highest BCUT2D eigenvalue weighted by molar-refractivity contribution is 5.97. The van der Waals surface area contributed by atoms with Gasteiger partial charge in [0.2, 0.25) is 0 Å². The van der Waals surface area contributed by atoms with Crippen LogP contribution in [0, 0.1) is 12.7 Å². The number of hydrogen-bond donors (Lipinski definition) is 3. The molecule has 0 aliphatic rings. The Morgan fingerprint density at radius 1 is 1.28 bits per heavy atom. The first-order valence-corrected chi connectivity index (χ1v) is 7.35. The molecule has 0 bridgehead atoms. The van der Waals surface area contributed by atoms with E-state index in [0.717, 1.165) is 0 Å². The summed E-state index contributed by atoms with van der Waals surface area (Å²) in [4.78, 5) is 8.10. The molecule has 0 atom stereocenters. The Labute approximate surface area is 142 Å². The van der Waals surface area contributed by atoms with Gasteiger partial charge in [-0.1, -0.05) is 17.3 Å². The van der Waals surface area contributed by atoms with Crippen LogP contribution < -0.4 is 5.73 Å². The second-order valence-corrected chi connectivity index (χ2v) is 5.46. The monoisotopic (exact) mass is 342 g/mol. The highest BCUT2D eigenvalue weighted by Gasteiger charge is 2.12. The van der Waals surface area contributed by atoms with E-state index in [1.165, 1.54) is 24.5 Å². The minimum Gasteiger partial charge on any atom is -0.506 e. The fraction of sp³-hybridized carbons (Fsp3) is 0.118. The number of nitrogens with zero attached hydrogens (tertiary/aromatic N) is 3. The molecule has 0 amide bonds. The van der Waals surface area contributed by atoms with Crippen LogP contribution in [0.2, 0.25) is 0 Å². The van der Waals surface area contributed by atoms with Crippen molar-refractivity contribution in [2.75, 3.05) is 0 Å². The van der Waals surface area contributed by atoms with E-state index in [4.69, 9.17) is 15.4 Å². The second kappa shape index (κ2) is 6.60. The number of nitrogens with two attached hydrogens (primary N) is 1. The molecule has 0 saturated heterocycles. The topological polar surface area (TPSA) is 118 Å². The lowest BCUT2D eigenvalue weighted by molar-refractivity contribution is 0.318. The maximum atomic E-state index is 13.7. The lowest BCUT2D eigenvalue weighted by Crippen LogP contribution is -2.15. The van der Waals surface area contributed by atoms with E-state index in [2.05, 4.69) is 15.1 Å². The van der Waals surface area contributed by atoms with Crippen LogP contribution in [0.4, 0.5) is 4.39 Å². The van der Waals surface area contributed by atoms with Crippen LogP contribution in [0.25, 0.3) is 11.3 Å². The van der Waals surface area contributed by atoms with Crippen molar-refractivity contribution in [3.63, 3.8) is 0 Å². The van der Waals surface area contributed by atoms with Gasteiger partial charge >= 0.3 is 0 Å². The number of oxazole rings is 1. The summed E-state index contributed by atoms with van der Waals surface area (Å²) in [7, 11) is 0. The lowest BCUT2D eigenvalue weighted by atomic mass is 10.1. The number of pyridine rings is 1. The summed E-state index contributed by atoms with van der Waals surface area (Å²) < 4.78 is 19.3. The molecule has 3 aromatic rings. The number of benzene rings is 1. The molecule has 4 N–H and O–H groups in total. The van der Waals surface area contributed by atoms with E-state index in [-0.39, 0.29) is 29.5 Å². The van der Waals surface area contributed by atoms with Gasteiger partial charge in [0.15, 0.2) is 23.2 Å². The van der Waals surface area contributed by atoms with E-state index in [0.29, 0.717) is 28.3 Å². The third kappa shape index (κ3) is 3.42. The van der Waals surface area contributed by atoms with Gasteiger partial charge in [-0.05, 0) is 30.2 Å².